The number of nitrogens with two attached hydrogens (primary N) is 1. The van der Waals surface area contributed by atoms with Gasteiger partial charge in [-0.1, -0.05) is 85.5 Å². The Morgan fingerprint density at radius 1 is 0.805 bits per heavy atom. The predicted molar refractivity (Wildman–Crippen MR) is 175 cm³/mol. The summed E-state index contributed by atoms with van der Waals surface area (Å²) in [6.07, 6.45) is 23.9. The number of rotatable bonds is 15. The average Bonchev–Trinajstić information content (AvgIpc) is 3.45. The van der Waals surface area contributed by atoms with Gasteiger partial charge in [0, 0.05) is 32.2 Å². The molecule has 6 nitrogen and oxygen atoms in total. The summed E-state index contributed by atoms with van der Waals surface area (Å²) in [6.45, 7) is 14.7. The molecule has 3 N–H and O–H groups in total. The van der Waals surface area contributed by atoms with Crippen molar-refractivity contribution in [1.82, 2.24) is 14.7 Å². The molecule has 0 radical (unpaired) electrons. The summed E-state index contributed by atoms with van der Waals surface area (Å²) in [6, 6.07) is 1.04. The topological polar surface area (TPSA) is 72.0 Å². The average molecular weight is 571 g/mol. The summed E-state index contributed by atoms with van der Waals surface area (Å²) in [5.41, 5.74) is 6.72. The van der Waals surface area contributed by atoms with Gasteiger partial charge in [-0.15, -0.1) is 0 Å². The van der Waals surface area contributed by atoms with Crippen molar-refractivity contribution in [2.45, 2.75) is 155 Å². The standard InChI is InChI=1S/C35H66N6/c1-5-6-7-8-13-23-40-31(25-38-33(40)36)17-12-14-22-39-27-32(24-28-15-10-9-11-16-28)41(34(39)37)26-29-18-20-30(21-19-29)35(2,3)4/h28-32,37H,5-27H2,1-4H3,(H2,36,38)/t29?,30?,31-,32+/m0/s1. The minimum absolute atomic E-state index is 0.438. The highest BCUT2D eigenvalue weighted by Gasteiger charge is 2.38. The molecular weight excluding hydrogens is 504 g/mol. The largest absolute Gasteiger partial charge is 0.370 e. The van der Waals surface area contributed by atoms with Crippen LogP contribution in [0.3, 0.4) is 0 Å². The van der Waals surface area contributed by atoms with E-state index in [-0.39, 0.29) is 0 Å². The van der Waals surface area contributed by atoms with Crippen molar-refractivity contribution in [2.75, 3.05) is 32.7 Å². The van der Waals surface area contributed by atoms with Crippen LogP contribution >= 0.6 is 0 Å². The van der Waals surface area contributed by atoms with Crippen molar-refractivity contribution in [2.24, 2.45) is 33.9 Å². The van der Waals surface area contributed by atoms with E-state index >= 15 is 0 Å². The van der Waals surface area contributed by atoms with Crippen LogP contribution in [0.4, 0.5) is 0 Å². The van der Waals surface area contributed by atoms with Gasteiger partial charge in [0.25, 0.3) is 0 Å². The van der Waals surface area contributed by atoms with Crippen molar-refractivity contribution >= 4 is 11.9 Å². The van der Waals surface area contributed by atoms with Gasteiger partial charge < -0.3 is 20.4 Å². The van der Waals surface area contributed by atoms with E-state index in [0.717, 1.165) is 62.4 Å². The van der Waals surface area contributed by atoms with Gasteiger partial charge in [0.05, 0.1) is 12.6 Å². The van der Waals surface area contributed by atoms with Crippen molar-refractivity contribution in [3.05, 3.63) is 0 Å². The molecule has 6 heteroatoms. The monoisotopic (exact) mass is 571 g/mol. The number of guanidine groups is 2. The van der Waals surface area contributed by atoms with Gasteiger partial charge in [0.15, 0.2) is 11.9 Å². The Kier molecular flexibility index (Phi) is 12.5. The van der Waals surface area contributed by atoms with Crippen molar-refractivity contribution in [1.29, 1.82) is 5.41 Å². The summed E-state index contributed by atoms with van der Waals surface area (Å²) in [5, 5.41) is 9.26. The Labute approximate surface area is 253 Å². The SMILES string of the molecule is CCCCCCCN1C(N)=NC[C@@H]1CCCCN1C[C@@H](CC2CCCCC2)N(CC2CCC(C(C)(C)C)CC2)C1=N. The first-order chi connectivity index (χ1) is 19.8. The highest BCUT2D eigenvalue weighted by Crippen LogP contribution is 2.41. The quantitative estimate of drug-likeness (QED) is 0.197. The Hall–Kier alpha value is -1.46. The molecule has 0 spiro atoms. The van der Waals surface area contributed by atoms with Crippen LogP contribution in [0.5, 0.6) is 0 Å². The molecule has 4 aliphatic rings. The summed E-state index contributed by atoms with van der Waals surface area (Å²) >= 11 is 0. The van der Waals surface area contributed by atoms with Crippen molar-refractivity contribution in [3.63, 3.8) is 0 Å². The third-order valence-corrected chi connectivity index (χ3v) is 11.2. The van der Waals surface area contributed by atoms with Crippen molar-refractivity contribution in [3.8, 4) is 0 Å². The van der Waals surface area contributed by atoms with E-state index in [0.29, 0.717) is 17.5 Å². The van der Waals surface area contributed by atoms with E-state index in [9.17, 15) is 5.41 Å². The van der Waals surface area contributed by atoms with Crippen LogP contribution in [0.1, 0.15) is 143 Å². The van der Waals surface area contributed by atoms with Crippen LogP contribution in [0.25, 0.3) is 0 Å². The summed E-state index contributed by atoms with van der Waals surface area (Å²) in [5.74, 6) is 4.12. The molecule has 2 heterocycles. The maximum atomic E-state index is 9.26. The lowest BCUT2D eigenvalue weighted by Crippen LogP contribution is -2.41. The van der Waals surface area contributed by atoms with Crippen LogP contribution in [0, 0.1) is 28.6 Å². The van der Waals surface area contributed by atoms with Crippen molar-refractivity contribution < 1.29 is 0 Å². The first-order valence-corrected chi connectivity index (χ1v) is 17.9. The summed E-state index contributed by atoms with van der Waals surface area (Å²) < 4.78 is 0. The first-order valence-electron chi connectivity index (χ1n) is 17.9. The van der Waals surface area contributed by atoms with Gasteiger partial charge in [0.2, 0.25) is 0 Å². The number of nitrogens with zero attached hydrogens (tertiary/aromatic N) is 4. The molecule has 1 saturated heterocycles. The molecule has 2 aliphatic carbocycles. The normalized spacial score (nSPS) is 28.1. The third-order valence-electron chi connectivity index (χ3n) is 11.2. The first kappa shape index (κ1) is 32.5. The molecule has 2 atom stereocenters. The lowest BCUT2D eigenvalue weighted by molar-refractivity contribution is 0.131. The van der Waals surface area contributed by atoms with Gasteiger partial charge in [-0.05, 0) is 81.0 Å². The lowest BCUT2D eigenvalue weighted by atomic mass is 9.70. The fraction of sp³-hybridized carbons (Fsp3) is 0.943. The Morgan fingerprint density at radius 2 is 1.51 bits per heavy atom. The maximum Gasteiger partial charge on any atom is 0.194 e. The fourth-order valence-corrected chi connectivity index (χ4v) is 8.41. The number of hydrogen-bond acceptors (Lipinski definition) is 4. The lowest BCUT2D eigenvalue weighted by Gasteiger charge is -2.39. The van der Waals surface area contributed by atoms with Gasteiger partial charge in [-0.3, -0.25) is 10.4 Å². The van der Waals surface area contributed by atoms with Gasteiger partial charge in [0.1, 0.15) is 0 Å². The van der Waals surface area contributed by atoms with Crippen LogP contribution in [-0.4, -0.2) is 71.4 Å². The zero-order valence-electron chi connectivity index (χ0n) is 27.5. The van der Waals surface area contributed by atoms with E-state index in [1.54, 1.807) is 0 Å². The second-order valence-electron chi connectivity index (χ2n) is 15.4. The molecular formula is C35H66N6. The second kappa shape index (κ2) is 15.8. The number of nitrogens with one attached hydrogen (secondary N) is 1. The van der Waals surface area contributed by atoms with Crippen LogP contribution in [-0.2, 0) is 0 Å². The second-order valence-corrected chi connectivity index (χ2v) is 15.4. The highest BCUT2D eigenvalue weighted by molar-refractivity contribution is 5.80. The molecule has 0 aromatic rings. The van der Waals surface area contributed by atoms with Gasteiger partial charge in [-0.2, -0.15) is 0 Å². The van der Waals surface area contributed by atoms with E-state index in [1.165, 1.54) is 116 Å². The van der Waals surface area contributed by atoms with Crippen LogP contribution in [0.15, 0.2) is 4.99 Å². The highest BCUT2D eigenvalue weighted by atomic mass is 15.4. The molecule has 2 saturated carbocycles. The van der Waals surface area contributed by atoms with Crippen LogP contribution in [0.2, 0.25) is 0 Å². The van der Waals surface area contributed by atoms with E-state index < -0.39 is 0 Å². The number of aliphatic imine (C=N–C) groups is 1. The van der Waals surface area contributed by atoms with Gasteiger partial charge in [-0.25, -0.2) is 0 Å². The number of hydrogen-bond donors (Lipinski definition) is 2. The Balaban J connectivity index is 1.24. The minimum atomic E-state index is 0.438. The summed E-state index contributed by atoms with van der Waals surface area (Å²) in [4.78, 5) is 12.0. The molecule has 0 unspecified atom stereocenters. The van der Waals surface area contributed by atoms with E-state index in [4.69, 9.17) is 5.73 Å². The van der Waals surface area contributed by atoms with E-state index in [1.807, 2.05) is 0 Å². The maximum absolute atomic E-state index is 9.26. The molecule has 2 aliphatic heterocycles. The number of unbranched alkanes of at least 4 members (excludes halogenated alkanes) is 5. The minimum Gasteiger partial charge on any atom is -0.370 e. The molecule has 0 aromatic heterocycles. The van der Waals surface area contributed by atoms with E-state index in [2.05, 4.69) is 47.4 Å². The molecule has 0 bridgehead atoms. The van der Waals surface area contributed by atoms with Gasteiger partial charge >= 0.3 is 0 Å². The predicted octanol–water partition coefficient (Wildman–Crippen LogP) is 7.87. The molecule has 236 valence electrons. The molecule has 0 amide bonds. The summed E-state index contributed by atoms with van der Waals surface area (Å²) in [7, 11) is 0. The Morgan fingerprint density at radius 3 is 2.22 bits per heavy atom. The molecule has 4 rings (SSSR count). The van der Waals surface area contributed by atoms with Crippen LogP contribution < -0.4 is 5.73 Å². The smallest absolute Gasteiger partial charge is 0.194 e. The zero-order chi connectivity index (χ0) is 29.2. The fourth-order valence-electron chi connectivity index (χ4n) is 8.41. The molecule has 41 heavy (non-hydrogen) atoms. The molecule has 3 fully saturated rings. The Bertz CT molecular complexity index is 804. The third kappa shape index (κ3) is 9.51. The zero-order valence-corrected chi connectivity index (χ0v) is 27.5. The molecule has 0 aromatic carbocycles.